The summed E-state index contributed by atoms with van der Waals surface area (Å²) in [5.74, 6) is -2.90. The van der Waals surface area contributed by atoms with E-state index < -0.39 is 23.5 Å². The number of nitrogens with one attached hydrogen (secondary N) is 2. The topological polar surface area (TPSA) is 62.8 Å². The van der Waals surface area contributed by atoms with Crippen LogP contribution in [0.15, 0.2) is 30.3 Å². The van der Waals surface area contributed by atoms with Crippen LogP contribution < -0.4 is 20.1 Å². The van der Waals surface area contributed by atoms with E-state index in [9.17, 15) is 18.0 Å². The predicted molar refractivity (Wildman–Crippen MR) is 126 cm³/mol. The van der Waals surface area contributed by atoms with Gasteiger partial charge in [-0.1, -0.05) is 6.07 Å². The molecule has 0 bridgehead atoms. The number of benzene rings is 2. The Bertz CT molecular complexity index is 1030. The number of carbonyl (C=O) groups is 1. The van der Waals surface area contributed by atoms with Crippen LogP contribution in [0.2, 0.25) is 0 Å². The minimum atomic E-state index is -1.57. The van der Waals surface area contributed by atoms with E-state index in [1.54, 1.807) is 14.2 Å². The first-order valence-electron chi connectivity index (χ1n) is 10.9. The summed E-state index contributed by atoms with van der Waals surface area (Å²) in [5, 5.41) is 5.30. The van der Waals surface area contributed by atoms with E-state index in [0.717, 1.165) is 44.4 Å². The summed E-state index contributed by atoms with van der Waals surface area (Å²) in [6, 6.07) is 7.09. The number of rotatable bonds is 5. The fraction of sp³-hybridized carbons (Fsp3) is 0.458. The minimum Gasteiger partial charge on any atom is -0.493 e. The summed E-state index contributed by atoms with van der Waals surface area (Å²) >= 11 is 0. The lowest BCUT2D eigenvalue weighted by Crippen LogP contribution is -2.52. The van der Waals surface area contributed by atoms with Crippen LogP contribution in [-0.4, -0.2) is 50.8 Å². The highest BCUT2D eigenvalue weighted by atomic mass is 35.5. The molecule has 0 unspecified atom stereocenters. The monoisotopic (exact) mass is 499 g/mol. The SMILES string of the molecule is COc1ccc([C@@]23CC[C@@H](NC(=O)Nc4cc(F)c(F)c(F)c4)C[C@@H]2N(C)CC3)cc1OC.Cl. The first kappa shape index (κ1) is 26.0. The maximum Gasteiger partial charge on any atom is 0.319 e. The second-order valence-electron chi connectivity index (χ2n) is 8.80. The lowest BCUT2D eigenvalue weighted by atomic mass is 9.65. The number of halogens is 4. The molecular formula is C24H29ClF3N3O3. The Hall–Kier alpha value is -2.65. The highest BCUT2D eigenvalue weighted by Gasteiger charge is 2.50. The van der Waals surface area contributed by atoms with Gasteiger partial charge in [-0.15, -0.1) is 12.4 Å². The Kier molecular flexibility index (Phi) is 7.88. The number of methoxy groups -OCH3 is 2. The largest absolute Gasteiger partial charge is 0.493 e. The van der Waals surface area contributed by atoms with Crippen LogP contribution >= 0.6 is 12.4 Å². The van der Waals surface area contributed by atoms with Crippen LogP contribution in [0, 0.1) is 17.5 Å². The van der Waals surface area contributed by atoms with Gasteiger partial charge in [0.15, 0.2) is 29.0 Å². The van der Waals surface area contributed by atoms with Crippen LogP contribution in [0.5, 0.6) is 11.5 Å². The molecule has 4 rings (SSSR count). The Labute approximate surface area is 203 Å². The maximum absolute atomic E-state index is 13.4. The normalized spacial score (nSPS) is 24.1. The molecule has 0 spiro atoms. The third-order valence-corrected chi connectivity index (χ3v) is 7.06. The summed E-state index contributed by atoms with van der Waals surface area (Å²) in [5.41, 5.74) is 0.985. The second kappa shape index (κ2) is 10.3. The molecule has 0 aromatic heterocycles. The Morgan fingerprint density at radius 3 is 2.38 bits per heavy atom. The molecule has 0 radical (unpaired) electrons. The quantitative estimate of drug-likeness (QED) is 0.577. The number of amides is 2. The fourth-order valence-electron chi connectivity index (χ4n) is 5.37. The smallest absolute Gasteiger partial charge is 0.319 e. The molecule has 2 N–H and O–H groups in total. The molecule has 1 aliphatic heterocycles. The number of hydrogen-bond donors (Lipinski definition) is 2. The number of anilines is 1. The van der Waals surface area contributed by atoms with Crippen molar-refractivity contribution < 1.29 is 27.4 Å². The lowest BCUT2D eigenvalue weighted by Gasteiger charge is -2.45. The number of nitrogens with zero attached hydrogens (tertiary/aromatic N) is 1. The number of ether oxygens (including phenoxy) is 2. The van der Waals surface area contributed by atoms with E-state index in [0.29, 0.717) is 11.5 Å². The van der Waals surface area contributed by atoms with Crippen molar-refractivity contribution in [2.24, 2.45) is 0 Å². The zero-order chi connectivity index (χ0) is 23.8. The van der Waals surface area contributed by atoms with Gasteiger partial charge in [-0.25, -0.2) is 18.0 Å². The number of carbonyl (C=O) groups excluding carboxylic acids is 1. The average molecular weight is 500 g/mol. The molecule has 34 heavy (non-hydrogen) atoms. The summed E-state index contributed by atoms with van der Waals surface area (Å²) in [4.78, 5) is 14.8. The van der Waals surface area contributed by atoms with E-state index in [1.807, 2.05) is 12.1 Å². The van der Waals surface area contributed by atoms with Gasteiger partial charge in [-0.2, -0.15) is 0 Å². The fourth-order valence-corrected chi connectivity index (χ4v) is 5.37. The van der Waals surface area contributed by atoms with E-state index in [2.05, 4.69) is 28.6 Å². The van der Waals surface area contributed by atoms with Gasteiger partial charge in [0.25, 0.3) is 0 Å². The van der Waals surface area contributed by atoms with Gasteiger partial charge in [-0.05, 0) is 57.0 Å². The van der Waals surface area contributed by atoms with E-state index in [4.69, 9.17) is 9.47 Å². The van der Waals surface area contributed by atoms with Gasteiger partial charge in [0.05, 0.1) is 14.2 Å². The third kappa shape index (κ3) is 4.77. The predicted octanol–water partition coefficient (Wildman–Crippen LogP) is 4.86. The van der Waals surface area contributed by atoms with Crippen LogP contribution in [-0.2, 0) is 5.41 Å². The number of likely N-dealkylation sites (tertiary alicyclic amines) is 1. The average Bonchev–Trinajstić information content (AvgIpc) is 3.14. The zero-order valence-electron chi connectivity index (χ0n) is 19.3. The Morgan fingerprint density at radius 2 is 1.74 bits per heavy atom. The van der Waals surface area contributed by atoms with Gasteiger partial charge in [0.1, 0.15) is 0 Å². The van der Waals surface area contributed by atoms with E-state index in [1.165, 1.54) is 5.56 Å². The van der Waals surface area contributed by atoms with Crippen molar-refractivity contribution in [3.8, 4) is 11.5 Å². The summed E-state index contributed by atoms with van der Waals surface area (Å²) < 4.78 is 50.9. The van der Waals surface area contributed by atoms with Crippen LogP contribution in [0.1, 0.15) is 31.2 Å². The highest BCUT2D eigenvalue weighted by Crippen LogP contribution is 2.49. The Balaban J connectivity index is 0.00000324. The van der Waals surface area contributed by atoms with Gasteiger partial charge in [0.2, 0.25) is 0 Å². The third-order valence-electron chi connectivity index (χ3n) is 7.06. The first-order chi connectivity index (χ1) is 15.8. The van der Waals surface area contributed by atoms with Gasteiger partial charge in [0, 0.05) is 35.3 Å². The molecule has 186 valence electrons. The van der Waals surface area contributed by atoms with Crippen molar-refractivity contribution in [2.75, 3.05) is 33.1 Å². The molecule has 2 amide bonds. The van der Waals surface area contributed by atoms with Crippen LogP contribution in [0.4, 0.5) is 23.7 Å². The van der Waals surface area contributed by atoms with Crippen LogP contribution in [0.3, 0.4) is 0 Å². The molecule has 2 fully saturated rings. The summed E-state index contributed by atoms with van der Waals surface area (Å²) in [6.07, 6.45) is 3.33. The molecule has 2 aliphatic rings. The molecule has 1 saturated carbocycles. The van der Waals surface area contributed by atoms with Crippen molar-refractivity contribution in [1.82, 2.24) is 10.2 Å². The van der Waals surface area contributed by atoms with Crippen molar-refractivity contribution in [1.29, 1.82) is 0 Å². The number of hydrogen-bond acceptors (Lipinski definition) is 4. The summed E-state index contributed by atoms with van der Waals surface area (Å²) in [7, 11) is 5.31. The number of fused-ring (bicyclic) bond motifs is 1. The van der Waals surface area contributed by atoms with Gasteiger partial charge >= 0.3 is 6.03 Å². The van der Waals surface area contributed by atoms with Crippen molar-refractivity contribution in [3.05, 3.63) is 53.3 Å². The molecule has 10 heteroatoms. The van der Waals surface area contributed by atoms with Crippen molar-refractivity contribution >= 4 is 24.1 Å². The lowest BCUT2D eigenvalue weighted by molar-refractivity contribution is 0.156. The first-order valence-corrected chi connectivity index (χ1v) is 10.9. The Morgan fingerprint density at radius 1 is 1.06 bits per heavy atom. The number of urea groups is 1. The highest BCUT2D eigenvalue weighted by molar-refractivity contribution is 5.89. The summed E-state index contributed by atoms with van der Waals surface area (Å²) in [6.45, 7) is 0.937. The number of likely N-dealkylation sites (N-methyl/N-ethyl adjacent to an activating group) is 1. The van der Waals surface area contributed by atoms with Gasteiger partial charge in [-0.3, -0.25) is 0 Å². The van der Waals surface area contributed by atoms with E-state index in [-0.39, 0.29) is 35.6 Å². The molecule has 2 aromatic carbocycles. The second-order valence-corrected chi connectivity index (χ2v) is 8.80. The standard InChI is InChI=1S/C24H28F3N3O3.ClH/c1-30-9-8-24(14-4-5-19(32-2)20(10-14)33-3)7-6-15(13-21(24)30)28-23(31)29-16-11-17(25)22(27)18(26)12-16;/h4-5,10-12,15,21H,6-9,13H2,1-3H3,(H2,28,29,31);1H/t15-,21+,24+;/m1./s1. The zero-order valence-corrected chi connectivity index (χ0v) is 20.1. The van der Waals surface area contributed by atoms with Crippen LogP contribution in [0.25, 0.3) is 0 Å². The van der Waals surface area contributed by atoms with Crippen molar-refractivity contribution in [2.45, 2.75) is 43.2 Å². The van der Waals surface area contributed by atoms with E-state index >= 15 is 0 Å². The molecule has 1 heterocycles. The molecule has 2 aromatic rings. The molecule has 1 saturated heterocycles. The molecular weight excluding hydrogens is 471 g/mol. The van der Waals surface area contributed by atoms with Crippen molar-refractivity contribution in [3.63, 3.8) is 0 Å². The minimum absolute atomic E-state index is 0. The maximum atomic E-state index is 13.4. The van der Waals surface area contributed by atoms with Gasteiger partial charge < -0.3 is 25.0 Å². The molecule has 1 aliphatic carbocycles. The molecule has 6 nitrogen and oxygen atoms in total. The molecule has 3 atom stereocenters.